The Balaban J connectivity index is 2.47. The van der Waals surface area contributed by atoms with Gasteiger partial charge in [0, 0.05) is 17.2 Å². The van der Waals surface area contributed by atoms with Crippen molar-refractivity contribution in [3.05, 3.63) is 66.7 Å². The number of rotatable bonds is 5. The summed E-state index contributed by atoms with van der Waals surface area (Å²) in [4.78, 5) is 11.5. The van der Waals surface area contributed by atoms with E-state index in [1.165, 1.54) is 0 Å². The van der Waals surface area contributed by atoms with Crippen molar-refractivity contribution >= 4 is 5.97 Å². The second kappa shape index (κ2) is 6.75. The Kier molecular flexibility index (Phi) is 4.77. The Morgan fingerprint density at radius 3 is 2.43 bits per heavy atom. The smallest absolute Gasteiger partial charge is 0.330 e. The lowest BCUT2D eigenvalue weighted by Crippen LogP contribution is -2.09. The summed E-state index contributed by atoms with van der Waals surface area (Å²) < 4.78 is 5.40. The monoisotopic (exact) mass is 282 g/mol. The van der Waals surface area contributed by atoms with E-state index in [0.29, 0.717) is 6.42 Å². The number of carbonyl (C=O) groups excluding carboxylic acids is 1. The molecule has 0 saturated heterocycles. The van der Waals surface area contributed by atoms with Gasteiger partial charge in [-0.1, -0.05) is 56.0 Å². The lowest BCUT2D eigenvalue weighted by Gasteiger charge is -2.19. The summed E-state index contributed by atoms with van der Waals surface area (Å²) in [7, 11) is 0. The molecule has 2 aromatic rings. The zero-order valence-corrected chi connectivity index (χ0v) is 12.0. The number of esters is 1. The number of phenolic OH excluding ortho intramolecular Hbond substituents is 1. The van der Waals surface area contributed by atoms with Crippen LogP contribution in [0, 0.1) is 0 Å². The zero-order valence-electron chi connectivity index (χ0n) is 12.0. The summed E-state index contributed by atoms with van der Waals surface area (Å²) in [5.41, 5.74) is 2.46. The topological polar surface area (TPSA) is 46.5 Å². The van der Waals surface area contributed by atoms with Crippen molar-refractivity contribution < 1.29 is 14.6 Å². The second-order valence-corrected chi connectivity index (χ2v) is 4.64. The minimum Gasteiger partial charge on any atom is -0.507 e. The van der Waals surface area contributed by atoms with Crippen molar-refractivity contribution in [2.24, 2.45) is 0 Å². The number of para-hydroxylation sites is 1. The maximum atomic E-state index is 11.5. The molecule has 0 amide bonds. The van der Waals surface area contributed by atoms with Crippen molar-refractivity contribution in [2.75, 3.05) is 0 Å². The number of ether oxygens (including phenoxy) is 1. The predicted octanol–water partition coefficient (Wildman–Crippen LogP) is 4.24. The van der Waals surface area contributed by atoms with Gasteiger partial charge in [0.1, 0.15) is 11.9 Å². The fourth-order valence-electron chi connectivity index (χ4n) is 2.28. The van der Waals surface area contributed by atoms with Crippen LogP contribution in [0.4, 0.5) is 0 Å². The van der Waals surface area contributed by atoms with Crippen LogP contribution in [0.1, 0.15) is 25.0 Å². The van der Waals surface area contributed by atoms with Gasteiger partial charge < -0.3 is 9.84 Å². The second-order valence-electron chi connectivity index (χ2n) is 4.64. The fraction of sp³-hybridized carbons (Fsp3) is 0.167. The average molecular weight is 282 g/mol. The van der Waals surface area contributed by atoms with Crippen LogP contribution < -0.4 is 0 Å². The zero-order chi connectivity index (χ0) is 15.2. The molecule has 1 atom stereocenters. The van der Waals surface area contributed by atoms with Crippen LogP contribution in [0.5, 0.6) is 5.75 Å². The van der Waals surface area contributed by atoms with Gasteiger partial charge in [-0.25, -0.2) is 4.79 Å². The average Bonchev–Trinajstić information content (AvgIpc) is 2.53. The number of hydrogen-bond acceptors (Lipinski definition) is 3. The summed E-state index contributed by atoms with van der Waals surface area (Å²) in [5.74, 6) is -0.246. The number of aromatic hydroxyl groups is 1. The van der Waals surface area contributed by atoms with Crippen LogP contribution in [-0.2, 0) is 9.53 Å². The highest BCUT2D eigenvalue weighted by atomic mass is 16.5. The van der Waals surface area contributed by atoms with E-state index >= 15 is 0 Å². The molecule has 0 bridgehead atoms. The van der Waals surface area contributed by atoms with Crippen LogP contribution in [0.25, 0.3) is 11.1 Å². The first kappa shape index (κ1) is 14.9. The van der Waals surface area contributed by atoms with E-state index in [0.717, 1.165) is 22.8 Å². The Morgan fingerprint density at radius 1 is 1.19 bits per heavy atom. The number of benzene rings is 2. The van der Waals surface area contributed by atoms with Crippen LogP contribution in [0.2, 0.25) is 0 Å². The van der Waals surface area contributed by atoms with E-state index in [1.807, 2.05) is 43.3 Å². The molecule has 0 fully saturated rings. The molecule has 1 N–H and O–H groups in total. The van der Waals surface area contributed by atoms with Crippen LogP contribution in [0.15, 0.2) is 61.2 Å². The highest BCUT2D eigenvalue weighted by Gasteiger charge is 2.18. The summed E-state index contributed by atoms with van der Waals surface area (Å²) in [6.07, 6.45) is 1.43. The van der Waals surface area contributed by atoms with Gasteiger partial charge >= 0.3 is 5.97 Å². The minimum absolute atomic E-state index is 0.204. The molecule has 1 unspecified atom stereocenters. The molecule has 3 heteroatoms. The number of carbonyl (C=O) groups is 1. The van der Waals surface area contributed by atoms with Crippen LogP contribution >= 0.6 is 0 Å². The van der Waals surface area contributed by atoms with Gasteiger partial charge in [0.05, 0.1) is 0 Å². The fourth-order valence-corrected chi connectivity index (χ4v) is 2.28. The van der Waals surface area contributed by atoms with Gasteiger partial charge in [0.25, 0.3) is 0 Å². The van der Waals surface area contributed by atoms with Crippen LogP contribution in [0.3, 0.4) is 0 Å². The standard InChI is InChI=1S/C18H18O3/c1-3-17(21-18(20)4-2)15-11-6-5-9-13(15)14-10-7-8-12-16(14)19/h4-12,17,19H,2-3H2,1H3. The van der Waals surface area contributed by atoms with Gasteiger partial charge in [0.2, 0.25) is 0 Å². The van der Waals surface area contributed by atoms with Crippen molar-refractivity contribution in [1.82, 2.24) is 0 Å². The van der Waals surface area contributed by atoms with Gasteiger partial charge in [-0.05, 0) is 18.1 Å². The Bertz CT molecular complexity index is 646. The van der Waals surface area contributed by atoms with Crippen molar-refractivity contribution in [3.8, 4) is 16.9 Å². The number of phenols is 1. The molecule has 2 aromatic carbocycles. The third kappa shape index (κ3) is 3.31. The molecular formula is C18H18O3. The lowest BCUT2D eigenvalue weighted by molar-refractivity contribution is -0.143. The number of hydrogen-bond donors (Lipinski definition) is 1. The Morgan fingerprint density at radius 2 is 1.81 bits per heavy atom. The lowest BCUT2D eigenvalue weighted by atomic mass is 9.94. The summed E-state index contributed by atoms with van der Waals surface area (Å²) in [6.45, 7) is 5.37. The molecule has 3 nitrogen and oxygen atoms in total. The normalized spacial score (nSPS) is 11.7. The van der Waals surface area contributed by atoms with Crippen molar-refractivity contribution in [1.29, 1.82) is 0 Å². The summed E-state index contributed by atoms with van der Waals surface area (Å²) in [5, 5.41) is 10.0. The molecular weight excluding hydrogens is 264 g/mol. The van der Waals surface area contributed by atoms with Gasteiger partial charge in [0.15, 0.2) is 0 Å². The molecule has 0 aliphatic carbocycles. The first-order valence-corrected chi connectivity index (χ1v) is 6.87. The molecule has 0 aliphatic heterocycles. The summed E-state index contributed by atoms with van der Waals surface area (Å²) in [6, 6.07) is 14.7. The minimum atomic E-state index is -0.450. The highest BCUT2D eigenvalue weighted by molar-refractivity contribution is 5.82. The van der Waals surface area contributed by atoms with Gasteiger partial charge in [-0.15, -0.1) is 0 Å². The van der Waals surface area contributed by atoms with E-state index in [1.54, 1.807) is 12.1 Å². The molecule has 0 saturated carbocycles. The largest absolute Gasteiger partial charge is 0.507 e. The van der Waals surface area contributed by atoms with E-state index < -0.39 is 5.97 Å². The third-order valence-electron chi connectivity index (χ3n) is 3.30. The molecule has 0 aromatic heterocycles. The molecule has 21 heavy (non-hydrogen) atoms. The van der Waals surface area contributed by atoms with Crippen molar-refractivity contribution in [2.45, 2.75) is 19.4 Å². The van der Waals surface area contributed by atoms with E-state index in [-0.39, 0.29) is 11.9 Å². The molecule has 2 rings (SSSR count). The van der Waals surface area contributed by atoms with E-state index in [9.17, 15) is 9.90 Å². The third-order valence-corrected chi connectivity index (χ3v) is 3.30. The molecule has 0 spiro atoms. The summed E-state index contributed by atoms with van der Waals surface area (Å²) >= 11 is 0. The van der Waals surface area contributed by atoms with Gasteiger partial charge in [-0.3, -0.25) is 0 Å². The van der Waals surface area contributed by atoms with Crippen molar-refractivity contribution in [3.63, 3.8) is 0 Å². The first-order valence-electron chi connectivity index (χ1n) is 6.87. The SMILES string of the molecule is C=CC(=O)OC(CC)c1ccccc1-c1ccccc1O. The maximum Gasteiger partial charge on any atom is 0.330 e. The van der Waals surface area contributed by atoms with E-state index in [4.69, 9.17) is 4.74 Å². The Hall–Kier alpha value is -2.55. The maximum absolute atomic E-state index is 11.5. The predicted molar refractivity (Wildman–Crippen MR) is 82.9 cm³/mol. The molecule has 108 valence electrons. The molecule has 0 heterocycles. The molecule has 0 aliphatic rings. The first-order chi connectivity index (χ1) is 10.2. The quantitative estimate of drug-likeness (QED) is 0.659. The van der Waals surface area contributed by atoms with Gasteiger partial charge in [-0.2, -0.15) is 0 Å². The highest BCUT2D eigenvalue weighted by Crippen LogP contribution is 2.36. The molecule has 0 radical (unpaired) electrons. The Labute approximate surface area is 124 Å². The van der Waals surface area contributed by atoms with E-state index in [2.05, 4.69) is 6.58 Å². The van der Waals surface area contributed by atoms with Crippen LogP contribution in [-0.4, -0.2) is 11.1 Å².